The van der Waals surface area contributed by atoms with E-state index in [2.05, 4.69) is 65.6 Å². The molecule has 0 aliphatic carbocycles. The van der Waals surface area contributed by atoms with Gasteiger partial charge in [-0.1, -0.05) is 97.1 Å². The van der Waals surface area contributed by atoms with Crippen molar-refractivity contribution >= 4 is 29.0 Å². The van der Waals surface area contributed by atoms with Gasteiger partial charge in [-0.25, -0.2) is 0 Å². The van der Waals surface area contributed by atoms with E-state index in [1.165, 1.54) is 16.5 Å². The molecule has 0 aliphatic rings. The van der Waals surface area contributed by atoms with Gasteiger partial charge in [0, 0.05) is 31.6 Å². The highest BCUT2D eigenvalue weighted by atomic mass is 35.5. The average Bonchev–Trinajstić information content (AvgIpc) is 2.78. The number of nitrogens with zero attached hydrogens (tertiary/aromatic N) is 1. The monoisotopic (exact) mass is 415 g/mol. The van der Waals surface area contributed by atoms with Crippen molar-refractivity contribution in [3.05, 3.63) is 120 Å². The Morgan fingerprint density at radius 2 is 1.17 bits per heavy atom. The highest BCUT2D eigenvalue weighted by Gasteiger charge is 2.12. The number of fused-ring (bicyclic) bond motifs is 1. The van der Waals surface area contributed by atoms with E-state index in [9.17, 15) is 4.79 Å². The maximum Gasteiger partial charge on any atom is 0.164 e. The number of carbonyl (C=O) groups is 1. The van der Waals surface area contributed by atoms with Crippen LogP contribution in [0.4, 0.5) is 0 Å². The number of rotatable bonds is 8. The molecule has 0 aromatic heterocycles. The summed E-state index contributed by atoms with van der Waals surface area (Å²) in [5, 5.41) is 2.28. The quantitative estimate of drug-likeness (QED) is 0.304. The van der Waals surface area contributed by atoms with Gasteiger partial charge >= 0.3 is 0 Å². The summed E-state index contributed by atoms with van der Waals surface area (Å²) in [6.45, 7) is 2.40. The second-order valence-electron chi connectivity index (χ2n) is 7.42. The number of halogens is 1. The Morgan fingerprint density at radius 1 is 0.633 bits per heavy atom. The summed E-state index contributed by atoms with van der Waals surface area (Å²) in [6, 6.07) is 35.1. The van der Waals surface area contributed by atoms with Crippen LogP contribution >= 0.6 is 12.4 Å². The summed E-state index contributed by atoms with van der Waals surface area (Å²) in [7, 11) is 0. The average molecular weight is 416 g/mol. The van der Waals surface area contributed by atoms with E-state index < -0.39 is 0 Å². The molecule has 0 heterocycles. The predicted molar refractivity (Wildman–Crippen MR) is 127 cm³/mol. The van der Waals surface area contributed by atoms with Gasteiger partial charge in [0.2, 0.25) is 0 Å². The second-order valence-corrected chi connectivity index (χ2v) is 7.42. The van der Waals surface area contributed by atoms with Crippen LogP contribution in [0.1, 0.15) is 27.9 Å². The normalized spacial score (nSPS) is 10.7. The van der Waals surface area contributed by atoms with Gasteiger partial charge in [-0.15, -0.1) is 12.4 Å². The number of ketones is 1. The van der Waals surface area contributed by atoms with E-state index in [0.717, 1.165) is 30.6 Å². The summed E-state index contributed by atoms with van der Waals surface area (Å²) in [6.07, 6.45) is 0.512. The molecule has 0 saturated carbocycles. The van der Waals surface area contributed by atoms with Gasteiger partial charge in [0.1, 0.15) is 0 Å². The molecule has 30 heavy (non-hydrogen) atoms. The zero-order valence-corrected chi connectivity index (χ0v) is 17.7. The van der Waals surface area contributed by atoms with E-state index in [1.807, 2.05) is 42.5 Å². The fourth-order valence-electron chi connectivity index (χ4n) is 3.66. The lowest BCUT2D eigenvalue weighted by Gasteiger charge is -2.22. The fraction of sp³-hybridized carbons (Fsp3) is 0.148. The van der Waals surface area contributed by atoms with E-state index in [1.54, 1.807) is 0 Å². The predicted octanol–water partition coefficient (Wildman–Crippen LogP) is 6.54. The molecular formula is C27H26ClNO. The van der Waals surface area contributed by atoms with Crippen LogP contribution in [0.15, 0.2) is 103 Å². The maximum atomic E-state index is 12.9. The van der Waals surface area contributed by atoms with E-state index in [4.69, 9.17) is 0 Å². The van der Waals surface area contributed by atoms with Crippen LogP contribution in [0, 0.1) is 0 Å². The number of hydrogen-bond acceptors (Lipinski definition) is 2. The lowest BCUT2D eigenvalue weighted by molar-refractivity contribution is 0.0960. The minimum Gasteiger partial charge on any atom is -0.294 e. The lowest BCUT2D eigenvalue weighted by Crippen LogP contribution is -2.25. The van der Waals surface area contributed by atoms with Gasteiger partial charge < -0.3 is 0 Å². The molecule has 0 N–H and O–H groups in total. The SMILES string of the molecule is Cl.O=C(CCN(Cc1ccccc1)Cc1ccccc1)c1ccc2ccccc2c1. The topological polar surface area (TPSA) is 20.3 Å². The Bertz CT molecular complexity index is 1040. The molecule has 0 saturated heterocycles. The van der Waals surface area contributed by atoms with Crippen molar-refractivity contribution in [2.24, 2.45) is 0 Å². The summed E-state index contributed by atoms with van der Waals surface area (Å²) in [5.74, 6) is 0.196. The van der Waals surface area contributed by atoms with Gasteiger partial charge in [0.25, 0.3) is 0 Å². The van der Waals surface area contributed by atoms with Crippen LogP contribution in [0.2, 0.25) is 0 Å². The molecule has 0 atom stereocenters. The molecule has 0 unspecified atom stereocenters. The molecule has 0 spiro atoms. The van der Waals surface area contributed by atoms with E-state index >= 15 is 0 Å². The maximum absolute atomic E-state index is 12.9. The number of benzene rings is 4. The molecule has 4 rings (SSSR count). The van der Waals surface area contributed by atoms with Gasteiger partial charge in [-0.3, -0.25) is 9.69 Å². The van der Waals surface area contributed by atoms with Gasteiger partial charge in [0.15, 0.2) is 5.78 Å². The molecule has 0 amide bonds. The zero-order valence-electron chi connectivity index (χ0n) is 16.9. The first-order valence-electron chi connectivity index (χ1n) is 10.1. The Morgan fingerprint density at radius 3 is 1.77 bits per heavy atom. The Labute approximate surface area is 184 Å². The molecule has 0 fully saturated rings. The first-order chi connectivity index (χ1) is 14.3. The number of carbonyl (C=O) groups excluding carboxylic acids is 1. The number of hydrogen-bond donors (Lipinski definition) is 0. The van der Waals surface area contributed by atoms with Crippen LogP contribution in [-0.4, -0.2) is 17.2 Å². The fourth-order valence-corrected chi connectivity index (χ4v) is 3.66. The molecule has 0 radical (unpaired) electrons. The summed E-state index contributed by atoms with van der Waals surface area (Å²) in [4.78, 5) is 15.2. The molecule has 2 nitrogen and oxygen atoms in total. The van der Waals surface area contributed by atoms with Crippen molar-refractivity contribution in [3.63, 3.8) is 0 Å². The minimum absolute atomic E-state index is 0. The second kappa shape index (κ2) is 10.7. The highest BCUT2D eigenvalue weighted by Crippen LogP contribution is 2.17. The zero-order chi connectivity index (χ0) is 19.9. The van der Waals surface area contributed by atoms with Crippen LogP contribution in [-0.2, 0) is 13.1 Å². The Balaban J connectivity index is 0.00000256. The lowest BCUT2D eigenvalue weighted by atomic mass is 10.0. The molecule has 0 bridgehead atoms. The molecule has 152 valence electrons. The molecule has 4 aromatic carbocycles. The van der Waals surface area contributed by atoms with Crippen molar-refractivity contribution < 1.29 is 4.79 Å². The highest BCUT2D eigenvalue weighted by molar-refractivity contribution is 6.00. The van der Waals surface area contributed by atoms with Crippen molar-refractivity contribution in [2.45, 2.75) is 19.5 Å². The van der Waals surface area contributed by atoms with Crippen LogP contribution in [0.3, 0.4) is 0 Å². The molecule has 4 aromatic rings. The third kappa shape index (κ3) is 5.79. The first-order valence-corrected chi connectivity index (χ1v) is 10.1. The van der Waals surface area contributed by atoms with Crippen molar-refractivity contribution in [2.75, 3.05) is 6.54 Å². The van der Waals surface area contributed by atoms with Crippen LogP contribution < -0.4 is 0 Å². The van der Waals surface area contributed by atoms with Gasteiger partial charge in [-0.05, 0) is 28.0 Å². The summed E-state index contributed by atoms with van der Waals surface area (Å²) >= 11 is 0. The molecule has 3 heteroatoms. The van der Waals surface area contributed by atoms with Crippen molar-refractivity contribution in [3.8, 4) is 0 Å². The first kappa shape index (κ1) is 21.8. The number of Topliss-reactive ketones (excluding diaryl/α,β-unsaturated/α-hetero) is 1. The van der Waals surface area contributed by atoms with E-state index in [-0.39, 0.29) is 18.2 Å². The summed E-state index contributed by atoms with van der Waals surface area (Å²) in [5.41, 5.74) is 3.33. The van der Waals surface area contributed by atoms with Gasteiger partial charge in [-0.2, -0.15) is 0 Å². The third-order valence-electron chi connectivity index (χ3n) is 5.22. The molecule has 0 aliphatic heterocycles. The van der Waals surface area contributed by atoms with Crippen molar-refractivity contribution in [1.29, 1.82) is 0 Å². The van der Waals surface area contributed by atoms with Crippen molar-refractivity contribution in [1.82, 2.24) is 4.90 Å². The molecular weight excluding hydrogens is 390 g/mol. The van der Waals surface area contributed by atoms with E-state index in [0.29, 0.717) is 6.42 Å². The Kier molecular flexibility index (Phi) is 7.78. The largest absolute Gasteiger partial charge is 0.294 e. The Hall–Kier alpha value is -2.94. The third-order valence-corrected chi connectivity index (χ3v) is 5.22. The minimum atomic E-state index is 0. The standard InChI is InChI=1S/C27H25NO.ClH/c29-27(26-16-15-24-13-7-8-14-25(24)19-26)17-18-28(20-22-9-3-1-4-10-22)21-23-11-5-2-6-12-23;/h1-16,19H,17-18,20-21H2;1H. The smallest absolute Gasteiger partial charge is 0.164 e. The summed E-state index contributed by atoms with van der Waals surface area (Å²) < 4.78 is 0. The van der Waals surface area contributed by atoms with Crippen LogP contribution in [0.5, 0.6) is 0 Å². The van der Waals surface area contributed by atoms with Crippen LogP contribution in [0.25, 0.3) is 10.8 Å². The van der Waals surface area contributed by atoms with Gasteiger partial charge in [0.05, 0.1) is 0 Å².